The van der Waals surface area contributed by atoms with Crippen molar-refractivity contribution in [2.24, 2.45) is 28.6 Å². The van der Waals surface area contributed by atoms with E-state index in [0.717, 1.165) is 25.7 Å². The van der Waals surface area contributed by atoms with Gasteiger partial charge in [-0.2, -0.15) is 0 Å². The molecule has 1 fully saturated rings. The molecule has 0 saturated heterocycles. The molecule has 0 aromatic carbocycles. The molecule has 0 radical (unpaired) electrons. The summed E-state index contributed by atoms with van der Waals surface area (Å²) in [6, 6.07) is 0. The second kappa shape index (κ2) is 6.57. The third-order valence-corrected chi connectivity index (χ3v) is 6.46. The molecule has 0 aromatic rings. The van der Waals surface area contributed by atoms with Gasteiger partial charge >= 0.3 is 0 Å². The van der Waals surface area contributed by atoms with Crippen LogP contribution in [-0.2, 0) is 4.79 Å². The molecule has 0 heterocycles. The van der Waals surface area contributed by atoms with Gasteiger partial charge in [0, 0.05) is 11.8 Å². The molecular formula is C22H36O. The lowest BCUT2D eigenvalue weighted by Gasteiger charge is -2.34. The Hall–Kier alpha value is -0.850. The smallest absolute Gasteiger partial charge is 0.139 e. The Morgan fingerprint density at radius 3 is 2.52 bits per heavy atom. The van der Waals surface area contributed by atoms with E-state index >= 15 is 0 Å². The Kier molecular flexibility index (Phi) is 5.28. The summed E-state index contributed by atoms with van der Waals surface area (Å²) in [5.74, 6) is 1.76. The van der Waals surface area contributed by atoms with Crippen molar-refractivity contribution >= 4 is 5.78 Å². The van der Waals surface area contributed by atoms with E-state index < -0.39 is 0 Å². The summed E-state index contributed by atoms with van der Waals surface area (Å²) in [5.41, 5.74) is 3.49. The number of hydrogen-bond donors (Lipinski definition) is 0. The molecule has 2 aliphatic rings. The van der Waals surface area contributed by atoms with E-state index in [4.69, 9.17) is 0 Å². The zero-order chi connectivity index (χ0) is 17.4. The second-order valence-electron chi connectivity index (χ2n) is 9.63. The van der Waals surface area contributed by atoms with E-state index in [0.29, 0.717) is 23.5 Å². The van der Waals surface area contributed by atoms with E-state index in [9.17, 15) is 4.79 Å². The first-order valence-corrected chi connectivity index (χ1v) is 9.43. The first kappa shape index (κ1) is 18.5. The van der Waals surface area contributed by atoms with Gasteiger partial charge in [0.2, 0.25) is 0 Å². The lowest BCUT2D eigenvalue weighted by molar-refractivity contribution is -0.124. The summed E-state index contributed by atoms with van der Waals surface area (Å²) in [4.78, 5) is 12.4. The van der Waals surface area contributed by atoms with Crippen molar-refractivity contribution in [3.05, 3.63) is 23.3 Å². The molecule has 1 saturated carbocycles. The predicted octanol–water partition coefficient (Wildman–Crippen LogP) is 6.35. The van der Waals surface area contributed by atoms with Gasteiger partial charge in [-0.25, -0.2) is 0 Å². The number of allylic oxidation sites excluding steroid dienone is 4. The minimum absolute atomic E-state index is 0.214. The van der Waals surface area contributed by atoms with E-state index in [2.05, 4.69) is 60.6 Å². The topological polar surface area (TPSA) is 17.1 Å². The van der Waals surface area contributed by atoms with Crippen molar-refractivity contribution in [2.75, 3.05) is 0 Å². The highest BCUT2D eigenvalue weighted by Gasteiger charge is 2.42. The number of carbonyl (C=O) groups excluding carboxylic acids is 1. The Morgan fingerprint density at radius 2 is 1.91 bits per heavy atom. The van der Waals surface area contributed by atoms with E-state index in [1.807, 2.05) is 0 Å². The number of carbonyl (C=O) groups is 1. The Morgan fingerprint density at radius 1 is 1.26 bits per heavy atom. The van der Waals surface area contributed by atoms with Crippen molar-refractivity contribution in [1.29, 1.82) is 0 Å². The molecule has 2 aliphatic carbocycles. The number of Topliss-reactive ketones (excluding diaryl/α,β-unsaturated/α-hetero) is 1. The van der Waals surface area contributed by atoms with Gasteiger partial charge in [-0.05, 0) is 55.8 Å². The maximum atomic E-state index is 12.4. The Balaban J connectivity index is 1.99. The summed E-state index contributed by atoms with van der Waals surface area (Å²) in [6.45, 7) is 15.9. The van der Waals surface area contributed by atoms with E-state index in [1.54, 1.807) is 0 Å². The summed E-state index contributed by atoms with van der Waals surface area (Å²) in [7, 11) is 0. The fourth-order valence-electron chi connectivity index (χ4n) is 4.14. The maximum absolute atomic E-state index is 12.4. The van der Waals surface area contributed by atoms with E-state index in [-0.39, 0.29) is 10.8 Å². The van der Waals surface area contributed by atoms with Gasteiger partial charge in [0.1, 0.15) is 5.78 Å². The number of rotatable bonds is 4. The molecule has 0 spiro atoms. The van der Waals surface area contributed by atoms with Crippen LogP contribution in [0.2, 0.25) is 0 Å². The molecule has 1 nitrogen and oxygen atoms in total. The highest BCUT2D eigenvalue weighted by molar-refractivity contribution is 5.86. The van der Waals surface area contributed by atoms with Crippen LogP contribution in [0.1, 0.15) is 80.6 Å². The van der Waals surface area contributed by atoms with Crippen molar-refractivity contribution in [3.63, 3.8) is 0 Å². The van der Waals surface area contributed by atoms with Crippen molar-refractivity contribution < 1.29 is 4.79 Å². The predicted molar refractivity (Wildman–Crippen MR) is 99.3 cm³/mol. The van der Waals surface area contributed by atoms with Crippen molar-refractivity contribution in [1.82, 2.24) is 0 Å². The molecule has 0 aromatic heterocycles. The standard InChI is InChI=1S/C22H36O/c1-15-13-17-10-11-18(14-19(17)20(15)23)22(6,7)12-8-9-16(2)21(3,4)5/h9,11,15,17,19H,8,10,12-14H2,1-7H3. The normalized spacial score (nSPS) is 29.5. The SMILES string of the molecule is CC(=CCCC(C)(C)C1=CCC2CC(C)C(=O)C2C1)C(C)(C)C. The van der Waals surface area contributed by atoms with Crippen LogP contribution in [-0.4, -0.2) is 5.78 Å². The van der Waals surface area contributed by atoms with Crippen LogP contribution in [0.3, 0.4) is 0 Å². The van der Waals surface area contributed by atoms with Gasteiger partial charge in [0.15, 0.2) is 0 Å². The zero-order valence-corrected chi connectivity index (χ0v) is 16.3. The lowest BCUT2D eigenvalue weighted by atomic mass is 9.70. The summed E-state index contributed by atoms with van der Waals surface area (Å²) in [6.07, 6.45) is 10.4. The zero-order valence-electron chi connectivity index (χ0n) is 16.3. The Bertz CT molecular complexity index is 513. The molecule has 1 heteroatoms. The molecule has 3 atom stereocenters. The molecule has 0 N–H and O–H groups in total. The summed E-state index contributed by atoms with van der Waals surface area (Å²) in [5, 5.41) is 0. The average Bonchev–Trinajstić information content (AvgIpc) is 2.72. The highest BCUT2D eigenvalue weighted by Crippen LogP contribution is 2.47. The second-order valence-corrected chi connectivity index (χ2v) is 9.63. The van der Waals surface area contributed by atoms with Gasteiger partial charge in [0.25, 0.3) is 0 Å². The molecule has 2 rings (SSSR count). The number of ketones is 1. The molecule has 0 aliphatic heterocycles. The summed E-state index contributed by atoms with van der Waals surface area (Å²) >= 11 is 0. The average molecular weight is 317 g/mol. The third-order valence-electron chi connectivity index (χ3n) is 6.46. The molecule has 0 amide bonds. The van der Waals surface area contributed by atoms with Crippen molar-refractivity contribution in [2.45, 2.75) is 80.6 Å². The van der Waals surface area contributed by atoms with Crippen LogP contribution in [0.5, 0.6) is 0 Å². The summed E-state index contributed by atoms with van der Waals surface area (Å²) < 4.78 is 0. The highest BCUT2D eigenvalue weighted by atomic mass is 16.1. The molecule has 23 heavy (non-hydrogen) atoms. The molecular weight excluding hydrogens is 280 g/mol. The fourth-order valence-corrected chi connectivity index (χ4v) is 4.14. The van der Waals surface area contributed by atoms with Crippen LogP contribution in [0.25, 0.3) is 0 Å². The molecule has 3 unspecified atom stereocenters. The quantitative estimate of drug-likeness (QED) is 0.552. The molecule has 130 valence electrons. The van der Waals surface area contributed by atoms with Crippen LogP contribution >= 0.6 is 0 Å². The molecule has 0 bridgehead atoms. The van der Waals surface area contributed by atoms with Gasteiger partial charge in [0.05, 0.1) is 0 Å². The first-order chi connectivity index (χ1) is 10.5. The van der Waals surface area contributed by atoms with E-state index in [1.165, 1.54) is 17.6 Å². The van der Waals surface area contributed by atoms with Gasteiger partial charge < -0.3 is 0 Å². The first-order valence-electron chi connectivity index (χ1n) is 9.43. The minimum atomic E-state index is 0.214. The largest absolute Gasteiger partial charge is 0.299 e. The Labute approximate surface area is 143 Å². The maximum Gasteiger partial charge on any atom is 0.139 e. The number of hydrogen-bond acceptors (Lipinski definition) is 1. The monoisotopic (exact) mass is 316 g/mol. The van der Waals surface area contributed by atoms with Crippen LogP contribution in [0.15, 0.2) is 23.3 Å². The van der Waals surface area contributed by atoms with Crippen LogP contribution in [0, 0.1) is 28.6 Å². The van der Waals surface area contributed by atoms with Gasteiger partial charge in [-0.3, -0.25) is 4.79 Å². The number of fused-ring (bicyclic) bond motifs is 1. The third kappa shape index (κ3) is 4.17. The van der Waals surface area contributed by atoms with Gasteiger partial charge in [-0.1, -0.05) is 64.8 Å². The van der Waals surface area contributed by atoms with Crippen molar-refractivity contribution in [3.8, 4) is 0 Å². The fraction of sp³-hybridized carbons (Fsp3) is 0.773. The van der Waals surface area contributed by atoms with Crippen LogP contribution < -0.4 is 0 Å². The van der Waals surface area contributed by atoms with Gasteiger partial charge in [-0.15, -0.1) is 0 Å². The lowest BCUT2D eigenvalue weighted by Crippen LogP contribution is -2.26. The minimum Gasteiger partial charge on any atom is -0.299 e. The van der Waals surface area contributed by atoms with Crippen LogP contribution in [0.4, 0.5) is 0 Å².